The molecule has 2 aromatic heterocycles. The summed E-state index contributed by atoms with van der Waals surface area (Å²) in [7, 11) is 0. The number of fused-ring (bicyclic) bond motifs is 2. The van der Waals surface area contributed by atoms with Crippen molar-refractivity contribution < 1.29 is 9.47 Å². The smallest absolute Gasteiger partial charge is 0.142 e. The van der Waals surface area contributed by atoms with Crippen LogP contribution in [0.5, 0.6) is 5.75 Å². The summed E-state index contributed by atoms with van der Waals surface area (Å²) in [4.78, 5) is 14.4. The van der Waals surface area contributed by atoms with Crippen LogP contribution in [0.15, 0.2) is 42.9 Å². The van der Waals surface area contributed by atoms with Gasteiger partial charge in [-0.05, 0) is 12.1 Å². The molecule has 0 saturated carbocycles. The summed E-state index contributed by atoms with van der Waals surface area (Å²) in [5, 5.41) is 1.05. The molecule has 0 atom stereocenters. The monoisotopic (exact) mass is 336 g/mol. The third kappa shape index (κ3) is 2.53. The first-order valence-electron chi connectivity index (χ1n) is 8.71. The first-order valence-corrected chi connectivity index (χ1v) is 8.71. The second-order valence-electron chi connectivity index (χ2n) is 6.80. The number of aromatic amines is 1. The van der Waals surface area contributed by atoms with E-state index in [1.54, 1.807) is 6.33 Å². The predicted molar refractivity (Wildman–Crippen MR) is 94.8 cm³/mol. The molecule has 0 radical (unpaired) electrons. The Morgan fingerprint density at radius 2 is 1.96 bits per heavy atom. The quantitative estimate of drug-likeness (QED) is 0.740. The van der Waals surface area contributed by atoms with Crippen LogP contribution in [-0.4, -0.2) is 40.3 Å². The lowest BCUT2D eigenvalue weighted by atomic mass is 9.93. The Bertz CT molecular complexity index is 901. The Morgan fingerprint density at radius 1 is 1.08 bits per heavy atom. The fourth-order valence-corrected chi connectivity index (χ4v) is 3.87. The molecule has 1 saturated heterocycles. The lowest BCUT2D eigenvalue weighted by Gasteiger charge is -2.39. The summed E-state index contributed by atoms with van der Waals surface area (Å²) >= 11 is 0. The molecule has 128 valence electrons. The molecule has 0 unspecified atom stereocenters. The van der Waals surface area contributed by atoms with Gasteiger partial charge in [0.2, 0.25) is 0 Å². The maximum Gasteiger partial charge on any atom is 0.142 e. The van der Waals surface area contributed by atoms with Crippen LogP contribution in [0.4, 0.5) is 5.82 Å². The summed E-state index contributed by atoms with van der Waals surface area (Å²) in [5.74, 6) is 1.93. The van der Waals surface area contributed by atoms with Crippen LogP contribution in [0.3, 0.4) is 0 Å². The minimum absolute atomic E-state index is 0.238. The Kier molecular flexibility index (Phi) is 3.38. The zero-order chi connectivity index (χ0) is 16.7. The van der Waals surface area contributed by atoms with Crippen molar-refractivity contribution in [3.05, 3.63) is 48.4 Å². The zero-order valence-corrected chi connectivity index (χ0v) is 13.9. The van der Waals surface area contributed by atoms with Crippen molar-refractivity contribution in [3.63, 3.8) is 0 Å². The number of para-hydroxylation sites is 1. The van der Waals surface area contributed by atoms with Crippen molar-refractivity contribution in [2.24, 2.45) is 0 Å². The Labute approximate surface area is 145 Å². The van der Waals surface area contributed by atoms with Crippen LogP contribution in [0.1, 0.15) is 18.4 Å². The maximum atomic E-state index is 6.56. The van der Waals surface area contributed by atoms with Crippen molar-refractivity contribution in [2.75, 3.05) is 24.7 Å². The van der Waals surface area contributed by atoms with Gasteiger partial charge in [-0.2, -0.15) is 0 Å². The number of rotatable bonds is 1. The summed E-state index contributed by atoms with van der Waals surface area (Å²) in [5.41, 5.74) is 1.82. The van der Waals surface area contributed by atoms with Crippen LogP contribution in [-0.2, 0) is 11.3 Å². The fourth-order valence-electron chi connectivity index (χ4n) is 3.87. The minimum Gasteiger partial charge on any atom is -0.485 e. The standard InChI is InChI=1S/C19H20N4O2/c1-2-4-16-14(3-1)11-23(12-19(25-16)6-9-24-10-7-19)18-15-5-8-20-17(15)21-13-22-18/h1-5,8,13H,6-7,9-12H2,(H,20,21,22). The molecule has 25 heavy (non-hydrogen) atoms. The molecule has 2 aliphatic heterocycles. The van der Waals surface area contributed by atoms with E-state index in [9.17, 15) is 0 Å². The number of hydrogen-bond donors (Lipinski definition) is 1. The third-order valence-corrected chi connectivity index (χ3v) is 5.18. The second kappa shape index (κ2) is 5.74. The van der Waals surface area contributed by atoms with Gasteiger partial charge < -0.3 is 19.4 Å². The van der Waals surface area contributed by atoms with E-state index in [-0.39, 0.29) is 5.60 Å². The van der Waals surface area contributed by atoms with Gasteiger partial charge in [0.05, 0.1) is 25.1 Å². The zero-order valence-electron chi connectivity index (χ0n) is 13.9. The molecule has 0 bridgehead atoms. The van der Waals surface area contributed by atoms with Gasteiger partial charge in [-0.1, -0.05) is 18.2 Å². The SMILES string of the molecule is c1ccc2c(c1)CN(c1ncnc3[nH]ccc13)CC1(CCOCC1)O2. The van der Waals surface area contributed by atoms with Crippen molar-refractivity contribution in [3.8, 4) is 5.75 Å². The molecule has 0 aliphatic carbocycles. The van der Waals surface area contributed by atoms with Gasteiger partial charge in [0, 0.05) is 31.1 Å². The van der Waals surface area contributed by atoms with Crippen LogP contribution < -0.4 is 9.64 Å². The Morgan fingerprint density at radius 3 is 2.88 bits per heavy atom. The molecule has 2 aliphatic rings. The topological polar surface area (TPSA) is 63.3 Å². The molecule has 1 aromatic carbocycles. The Balaban J connectivity index is 1.62. The van der Waals surface area contributed by atoms with E-state index in [0.29, 0.717) is 0 Å². The predicted octanol–water partition coefficient (Wildman–Crippen LogP) is 2.91. The van der Waals surface area contributed by atoms with Gasteiger partial charge in [0.15, 0.2) is 0 Å². The molecule has 6 heteroatoms. The van der Waals surface area contributed by atoms with E-state index in [1.807, 2.05) is 18.3 Å². The molecule has 4 heterocycles. The van der Waals surface area contributed by atoms with E-state index in [4.69, 9.17) is 9.47 Å². The van der Waals surface area contributed by atoms with Gasteiger partial charge in [0.1, 0.15) is 29.1 Å². The van der Waals surface area contributed by atoms with Gasteiger partial charge in [-0.15, -0.1) is 0 Å². The molecule has 1 spiro atoms. The van der Waals surface area contributed by atoms with E-state index in [1.165, 1.54) is 5.56 Å². The van der Waals surface area contributed by atoms with E-state index in [0.717, 1.165) is 61.7 Å². The fraction of sp³-hybridized carbons (Fsp3) is 0.368. The highest BCUT2D eigenvalue weighted by Gasteiger charge is 2.40. The highest BCUT2D eigenvalue weighted by molar-refractivity contribution is 5.87. The average Bonchev–Trinajstić information content (AvgIpc) is 3.06. The molecule has 3 aromatic rings. The first kappa shape index (κ1) is 14.7. The number of nitrogens with one attached hydrogen (secondary N) is 1. The van der Waals surface area contributed by atoms with Crippen molar-refractivity contribution in [2.45, 2.75) is 25.0 Å². The second-order valence-corrected chi connectivity index (χ2v) is 6.80. The largest absolute Gasteiger partial charge is 0.485 e. The van der Waals surface area contributed by atoms with Crippen LogP contribution in [0.25, 0.3) is 11.0 Å². The van der Waals surface area contributed by atoms with Gasteiger partial charge in [0.25, 0.3) is 0 Å². The Hall–Kier alpha value is -2.60. The molecular formula is C19H20N4O2. The highest BCUT2D eigenvalue weighted by Crippen LogP contribution is 2.37. The highest BCUT2D eigenvalue weighted by atomic mass is 16.5. The minimum atomic E-state index is -0.238. The van der Waals surface area contributed by atoms with Gasteiger partial charge in [-0.25, -0.2) is 9.97 Å². The summed E-state index contributed by atoms with van der Waals surface area (Å²) in [6.45, 7) is 3.04. The molecule has 5 rings (SSSR count). The van der Waals surface area contributed by atoms with Crippen molar-refractivity contribution in [1.82, 2.24) is 15.0 Å². The number of aromatic nitrogens is 3. The van der Waals surface area contributed by atoms with Crippen molar-refractivity contribution in [1.29, 1.82) is 0 Å². The molecule has 1 fully saturated rings. The number of anilines is 1. The molecular weight excluding hydrogens is 316 g/mol. The number of hydrogen-bond acceptors (Lipinski definition) is 5. The van der Waals surface area contributed by atoms with Crippen molar-refractivity contribution >= 4 is 16.9 Å². The third-order valence-electron chi connectivity index (χ3n) is 5.18. The molecule has 6 nitrogen and oxygen atoms in total. The number of H-pyrrole nitrogens is 1. The van der Waals surface area contributed by atoms with Gasteiger partial charge in [-0.3, -0.25) is 0 Å². The number of benzene rings is 1. The van der Waals surface area contributed by atoms with Crippen LogP contribution >= 0.6 is 0 Å². The van der Waals surface area contributed by atoms with Gasteiger partial charge >= 0.3 is 0 Å². The normalized spacial score (nSPS) is 19.4. The lowest BCUT2D eigenvalue weighted by molar-refractivity contribution is -0.0391. The molecule has 1 N–H and O–H groups in total. The summed E-state index contributed by atoms with van der Waals surface area (Å²) < 4.78 is 12.2. The van der Waals surface area contributed by atoms with E-state index in [2.05, 4.69) is 38.1 Å². The van der Waals surface area contributed by atoms with Crippen LogP contribution in [0.2, 0.25) is 0 Å². The summed E-state index contributed by atoms with van der Waals surface area (Å²) in [6, 6.07) is 10.3. The van der Waals surface area contributed by atoms with E-state index >= 15 is 0 Å². The van der Waals surface area contributed by atoms with Crippen LogP contribution in [0, 0.1) is 0 Å². The summed E-state index contributed by atoms with van der Waals surface area (Å²) in [6.07, 6.45) is 5.32. The number of nitrogens with zero attached hydrogens (tertiary/aromatic N) is 3. The van der Waals surface area contributed by atoms with E-state index < -0.39 is 0 Å². The maximum absolute atomic E-state index is 6.56. The average molecular weight is 336 g/mol. The molecule has 0 amide bonds. The lowest BCUT2D eigenvalue weighted by Crippen LogP contribution is -2.49. The first-order chi connectivity index (χ1) is 12.3. The number of ether oxygens (including phenoxy) is 2.